The molecular formula is C53H37N. The molecule has 0 N–H and O–H groups in total. The first-order valence-corrected chi connectivity index (χ1v) is 18.9. The molecule has 0 amide bonds. The van der Waals surface area contributed by atoms with E-state index in [-0.39, 0.29) is 5.41 Å². The predicted molar refractivity (Wildman–Crippen MR) is 232 cm³/mol. The van der Waals surface area contributed by atoms with Gasteiger partial charge in [-0.05, 0) is 118 Å². The first kappa shape index (κ1) is 30.9. The molecule has 1 heteroatoms. The van der Waals surface area contributed by atoms with Crippen LogP contribution in [0, 0.1) is 0 Å². The van der Waals surface area contributed by atoms with Crippen molar-refractivity contribution in [2.75, 3.05) is 4.90 Å². The third-order valence-electron chi connectivity index (χ3n) is 12.0. The van der Waals surface area contributed by atoms with Crippen LogP contribution in [-0.2, 0) is 5.41 Å². The van der Waals surface area contributed by atoms with Gasteiger partial charge in [0.05, 0.1) is 5.69 Å². The lowest BCUT2D eigenvalue weighted by molar-refractivity contribution is 0.666. The van der Waals surface area contributed by atoms with Gasteiger partial charge >= 0.3 is 0 Å². The average Bonchev–Trinajstić information content (AvgIpc) is 3.48. The lowest BCUT2D eigenvalue weighted by atomic mass is 9.80. The maximum absolute atomic E-state index is 2.51. The minimum atomic E-state index is -0.161. The Hall–Kier alpha value is -6.70. The summed E-state index contributed by atoms with van der Waals surface area (Å²) in [5, 5.41) is 12.8. The van der Waals surface area contributed by atoms with Crippen LogP contribution in [0.2, 0.25) is 0 Å². The summed E-state index contributed by atoms with van der Waals surface area (Å²) in [6.45, 7) is 4.79. The second-order valence-corrected chi connectivity index (χ2v) is 15.3. The van der Waals surface area contributed by atoms with E-state index in [1.165, 1.54) is 92.9 Å². The highest BCUT2D eigenvalue weighted by Gasteiger charge is 2.39. The lowest BCUT2D eigenvalue weighted by Crippen LogP contribution is -2.16. The fourth-order valence-electron chi connectivity index (χ4n) is 9.45. The van der Waals surface area contributed by atoms with Gasteiger partial charge in [-0.3, -0.25) is 0 Å². The van der Waals surface area contributed by atoms with Crippen molar-refractivity contribution >= 4 is 70.9 Å². The highest BCUT2D eigenvalue weighted by Crippen LogP contribution is 2.57. The number of anilines is 3. The van der Waals surface area contributed by atoms with Gasteiger partial charge < -0.3 is 4.90 Å². The van der Waals surface area contributed by atoms with E-state index in [0.29, 0.717) is 0 Å². The van der Waals surface area contributed by atoms with Gasteiger partial charge in [0, 0.05) is 22.4 Å². The van der Waals surface area contributed by atoms with Crippen molar-refractivity contribution in [1.82, 2.24) is 0 Å². The third kappa shape index (κ3) is 4.52. The highest BCUT2D eigenvalue weighted by molar-refractivity contribution is 6.26. The van der Waals surface area contributed by atoms with Gasteiger partial charge in [-0.15, -0.1) is 0 Å². The molecule has 0 aliphatic heterocycles. The Labute approximate surface area is 315 Å². The molecule has 0 aromatic heterocycles. The van der Waals surface area contributed by atoms with E-state index in [0.717, 1.165) is 11.4 Å². The second-order valence-electron chi connectivity index (χ2n) is 15.3. The Bertz CT molecular complexity index is 3100. The van der Waals surface area contributed by atoms with E-state index in [1.807, 2.05) is 0 Å². The van der Waals surface area contributed by atoms with Crippen LogP contribution in [0.15, 0.2) is 188 Å². The summed E-state index contributed by atoms with van der Waals surface area (Å²) in [7, 11) is 0. The molecule has 0 bridgehead atoms. The molecule has 10 aromatic rings. The van der Waals surface area contributed by atoms with Gasteiger partial charge in [0.15, 0.2) is 0 Å². The van der Waals surface area contributed by atoms with Gasteiger partial charge in [-0.25, -0.2) is 0 Å². The Morgan fingerprint density at radius 1 is 0.370 bits per heavy atom. The zero-order valence-corrected chi connectivity index (χ0v) is 30.3. The average molecular weight is 688 g/mol. The molecule has 1 aliphatic rings. The van der Waals surface area contributed by atoms with Gasteiger partial charge in [-0.1, -0.05) is 166 Å². The largest absolute Gasteiger partial charge is 0.310 e. The topological polar surface area (TPSA) is 3.24 Å². The van der Waals surface area contributed by atoms with Gasteiger partial charge in [0.25, 0.3) is 0 Å². The maximum atomic E-state index is 2.51. The fraction of sp³-hybridized carbons (Fsp3) is 0.0566. The minimum absolute atomic E-state index is 0.161. The predicted octanol–water partition coefficient (Wildman–Crippen LogP) is 14.9. The quantitative estimate of drug-likeness (QED) is 0.167. The molecule has 1 aliphatic carbocycles. The van der Waals surface area contributed by atoms with E-state index in [9.17, 15) is 0 Å². The third-order valence-corrected chi connectivity index (χ3v) is 12.0. The van der Waals surface area contributed by atoms with Crippen molar-refractivity contribution < 1.29 is 0 Å². The molecule has 0 radical (unpaired) electrons. The van der Waals surface area contributed by atoms with E-state index in [1.54, 1.807) is 0 Å². The number of hydrogen-bond donors (Lipinski definition) is 0. The molecule has 54 heavy (non-hydrogen) atoms. The van der Waals surface area contributed by atoms with Crippen molar-refractivity contribution in [3.05, 3.63) is 199 Å². The molecule has 0 spiro atoms. The monoisotopic (exact) mass is 687 g/mol. The van der Waals surface area contributed by atoms with Crippen LogP contribution in [0.1, 0.15) is 25.0 Å². The van der Waals surface area contributed by atoms with Gasteiger partial charge in [0.2, 0.25) is 0 Å². The van der Waals surface area contributed by atoms with E-state index in [4.69, 9.17) is 0 Å². The summed E-state index contributed by atoms with van der Waals surface area (Å²) in [5.41, 5.74) is 11.1. The van der Waals surface area contributed by atoms with Crippen molar-refractivity contribution in [2.24, 2.45) is 0 Å². The summed E-state index contributed by atoms with van der Waals surface area (Å²) < 4.78 is 0. The number of hydrogen-bond acceptors (Lipinski definition) is 1. The van der Waals surface area contributed by atoms with E-state index < -0.39 is 0 Å². The molecule has 254 valence electrons. The van der Waals surface area contributed by atoms with Crippen LogP contribution in [0.3, 0.4) is 0 Å². The zero-order valence-electron chi connectivity index (χ0n) is 30.3. The van der Waals surface area contributed by atoms with Crippen LogP contribution in [0.5, 0.6) is 0 Å². The summed E-state index contributed by atoms with van der Waals surface area (Å²) in [5.74, 6) is 0. The van der Waals surface area contributed by atoms with E-state index in [2.05, 4.69) is 207 Å². The van der Waals surface area contributed by atoms with Crippen LogP contribution in [-0.4, -0.2) is 0 Å². The standard InChI is InChI=1S/C53H37N/c1-53(2)49-22-12-11-21-47(49)51-50(32-38-15-5-6-16-41(38)52(51)53)54(39-27-25-35(26-28-39)37-24-23-34-13-3-4-14-36(34)31-37)40-29-30-46-44-19-8-7-17-42(44)43-18-9-10-20-45(43)48(46)33-40/h3-33H,1-2H3. The summed E-state index contributed by atoms with van der Waals surface area (Å²) in [4.78, 5) is 2.51. The number of nitrogens with zero attached hydrogens (tertiary/aromatic N) is 1. The smallest absolute Gasteiger partial charge is 0.0549 e. The summed E-state index contributed by atoms with van der Waals surface area (Å²) in [6, 6.07) is 69.7. The van der Waals surface area contributed by atoms with Crippen molar-refractivity contribution in [3.8, 4) is 22.3 Å². The zero-order chi connectivity index (χ0) is 36.0. The van der Waals surface area contributed by atoms with Crippen molar-refractivity contribution in [2.45, 2.75) is 19.3 Å². The molecule has 0 saturated heterocycles. The van der Waals surface area contributed by atoms with Gasteiger partial charge in [-0.2, -0.15) is 0 Å². The Morgan fingerprint density at radius 2 is 0.907 bits per heavy atom. The second kappa shape index (κ2) is 11.7. The first-order valence-electron chi connectivity index (χ1n) is 18.9. The number of benzene rings is 10. The molecule has 0 fully saturated rings. The fourth-order valence-corrected chi connectivity index (χ4v) is 9.45. The maximum Gasteiger partial charge on any atom is 0.0549 e. The molecular weight excluding hydrogens is 651 g/mol. The molecule has 0 atom stereocenters. The van der Waals surface area contributed by atoms with Crippen LogP contribution in [0.4, 0.5) is 17.1 Å². The van der Waals surface area contributed by atoms with Gasteiger partial charge in [0.1, 0.15) is 0 Å². The SMILES string of the molecule is CC1(C)c2ccccc2-c2c(N(c3ccc(-c4ccc5ccccc5c4)cc3)c3ccc4c5ccccc5c5ccccc5c4c3)cc3ccccc3c21. The number of rotatable bonds is 4. The minimum Gasteiger partial charge on any atom is -0.310 e. The Kier molecular flexibility index (Phi) is 6.66. The highest BCUT2D eigenvalue weighted by atomic mass is 15.1. The van der Waals surface area contributed by atoms with Crippen LogP contribution >= 0.6 is 0 Å². The Morgan fingerprint density at radius 3 is 1.63 bits per heavy atom. The molecule has 0 heterocycles. The Balaban J connectivity index is 1.20. The van der Waals surface area contributed by atoms with Crippen molar-refractivity contribution in [3.63, 3.8) is 0 Å². The molecule has 10 aromatic carbocycles. The molecule has 0 saturated carbocycles. The van der Waals surface area contributed by atoms with Crippen LogP contribution in [0.25, 0.3) is 76.1 Å². The summed E-state index contributed by atoms with van der Waals surface area (Å²) >= 11 is 0. The molecule has 1 nitrogen and oxygen atoms in total. The summed E-state index contributed by atoms with van der Waals surface area (Å²) in [6.07, 6.45) is 0. The van der Waals surface area contributed by atoms with Crippen LogP contribution < -0.4 is 4.90 Å². The molecule has 11 rings (SSSR count). The normalized spacial score (nSPS) is 13.1. The lowest BCUT2D eigenvalue weighted by Gasteiger charge is -2.30. The van der Waals surface area contributed by atoms with Crippen molar-refractivity contribution in [1.29, 1.82) is 0 Å². The number of fused-ring (bicyclic) bond motifs is 12. The van der Waals surface area contributed by atoms with E-state index >= 15 is 0 Å². The first-order chi connectivity index (χ1) is 26.5. The molecule has 0 unspecified atom stereocenters.